The molecule has 1 fully saturated rings. The van der Waals surface area contributed by atoms with Gasteiger partial charge in [-0.05, 0) is 24.3 Å². The highest BCUT2D eigenvalue weighted by molar-refractivity contribution is 6.00. The molecule has 0 radical (unpaired) electrons. The maximum absolute atomic E-state index is 12.3. The van der Waals surface area contributed by atoms with Crippen LogP contribution >= 0.6 is 0 Å². The van der Waals surface area contributed by atoms with E-state index in [1.165, 1.54) is 0 Å². The van der Waals surface area contributed by atoms with Crippen molar-refractivity contribution in [3.8, 4) is 11.5 Å². The van der Waals surface area contributed by atoms with Gasteiger partial charge in [0.25, 0.3) is 0 Å². The summed E-state index contributed by atoms with van der Waals surface area (Å²) in [6.45, 7) is 1.83. The third-order valence-corrected chi connectivity index (χ3v) is 4.50. The zero-order chi connectivity index (χ0) is 17.2. The molecule has 0 saturated carbocycles. The maximum atomic E-state index is 12.3. The highest BCUT2D eigenvalue weighted by atomic mass is 16.7. The molecule has 2 aliphatic heterocycles. The van der Waals surface area contributed by atoms with Crippen LogP contribution < -0.4 is 19.7 Å². The lowest BCUT2D eigenvalue weighted by Crippen LogP contribution is -2.34. The summed E-state index contributed by atoms with van der Waals surface area (Å²) in [5.41, 5.74) is 0.733. The first-order valence-corrected chi connectivity index (χ1v) is 8.29. The minimum absolute atomic E-state index is 0.0515. The number of ether oxygens (including phenoxy) is 2. The van der Waals surface area contributed by atoms with Crippen molar-refractivity contribution < 1.29 is 19.1 Å². The fourth-order valence-electron chi connectivity index (χ4n) is 3.16. The van der Waals surface area contributed by atoms with Gasteiger partial charge in [0.05, 0.1) is 5.92 Å². The second-order valence-electron chi connectivity index (χ2n) is 6.15. The summed E-state index contributed by atoms with van der Waals surface area (Å²) in [5, 5.41) is 2.91. The molecule has 130 valence electrons. The summed E-state index contributed by atoms with van der Waals surface area (Å²) in [6.07, 6.45) is 4.13. The summed E-state index contributed by atoms with van der Waals surface area (Å²) >= 11 is 0. The molecule has 1 aromatic carbocycles. The van der Waals surface area contributed by atoms with Gasteiger partial charge in [0, 0.05) is 50.2 Å². The zero-order valence-corrected chi connectivity index (χ0v) is 13.7. The van der Waals surface area contributed by atoms with Gasteiger partial charge in [0.2, 0.25) is 18.6 Å². The SMILES string of the molecule is O=C(NCCn1cccc1)[C@@H]1CC(=O)N(c2ccc3c(c2)OCO3)C1. The standard InChI is InChI=1S/C18H19N3O4/c22-17-9-13(18(23)19-5-8-20-6-1-2-7-20)11-21(17)14-3-4-15-16(10-14)25-12-24-15/h1-4,6-7,10,13H,5,8-9,11-12H2,(H,19,23)/t13-/m1/s1. The molecule has 0 bridgehead atoms. The maximum Gasteiger partial charge on any atom is 0.231 e. The lowest BCUT2D eigenvalue weighted by molar-refractivity contribution is -0.126. The van der Waals surface area contributed by atoms with Crippen molar-refractivity contribution in [1.82, 2.24) is 9.88 Å². The summed E-state index contributed by atoms with van der Waals surface area (Å²) in [6, 6.07) is 9.28. The van der Waals surface area contributed by atoms with E-state index < -0.39 is 0 Å². The molecule has 1 aromatic heterocycles. The molecule has 2 amide bonds. The number of benzene rings is 1. The molecule has 7 heteroatoms. The first kappa shape index (κ1) is 15.6. The van der Waals surface area contributed by atoms with Crippen molar-refractivity contribution in [3.63, 3.8) is 0 Å². The third kappa shape index (κ3) is 3.17. The van der Waals surface area contributed by atoms with E-state index in [1.807, 2.05) is 35.2 Å². The summed E-state index contributed by atoms with van der Waals surface area (Å²) in [7, 11) is 0. The Kier molecular flexibility index (Phi) is 4.05. The summed E-state index contributed by atoms with van der Waals surface area (Å²) in [4.78, 5) is 26.3. The van der Waals surface area contributed by atoms with Gasteiger partial charge < -0.3 is 24.3 Å². The lowest BCUT2D eigenvalue weighted by atomic mass is 10.1. The molecule has 0 aliphatic carbocycles. The molecular weight excluding hydrogens is 322 g/mol. The van der Waals surface area contributed by atoms with Gasteiger partial charge in [0.15, 0.2) is 11.5 Å². The van der Waals surface area contributed by atoms with Crippen LogP contribution in [0.2, 0.25) is 0 Å². The minimum Gasteiger partial charge on any atom is -0.454 e. The van der Waals surface area contributed by atoms with Crippen LogP contribution in [0.5, 0.6) is 11.5 Å². The van der Waals surface area contributed by atoms with Crippen LogP contribution in [0.15, 0.2) is 42.7 Å². The van der Waals surface area contributed by atoms with Crippen LogP contribution in [0.4, 0.5) is 5.69 Å². The number of carbonyl (C=O) groups excluding carboxylic acids is 2. The molecule has 4 rings (SSSR count). The Morgan fingerprint density at radius 2 is 2.00 bits per heavy atom. The van der Waals surface area contributed by atoms with Gasteiger partial charge in [-0.15, -0.1) is 0 Å². The van der Waals surface area contributed by atoms with Crippen molar-refractivity contribution in [3.05, 3.63) is 42.7 Å². The number of nitrogens with one attached hydrogen (secondary N) is 1. The lowest BCUT2D eigenvalue weighted by Gasteiger charge is -2.17. The first-order valence-electron chi connectivity index (χ1n) is 8.29. The Balaban J connectivity index is 1.35. The molecule has 25 heavy (non-hydrogen) atoms. The molecule has 7 nitrogen and oxygen atoms in total. The zero-order valence-electron chi connectivity index (χ0n) is 13.7. The van der Waals surface area contributed by atoms with Gasteiger partial charge in [-0.1, -0.05) is 0 Å². The summed E-state index contributed by atoms with van der Waals surface area (Å²) in [5.74, 6) is 0.843. The van der Waals surface area contributed by atoms with Crippen molar-refractivity contribution >= 4 is 17.5 Å². The first-order chi connectivity index (χ1) is 12.2. The van der Waals surface area contributed by atoms with E-state index in [4.69, 9.17) is 9.47 Å². The Labute approximate surface area is 145 Å². The van der Waals surface area contributed by atoms with Gasteiger partial charge in [-0.2, -0.15) is 0 Å². The van der Waals surface area contributed by atoms with Crippen LogP contribution in [-0.4, -0.2) is 36.3 Å². The smallest absolute Gasteiger partial charge is 0.231 e. The number of carbonyl (C=O) groups is 2. The highest BCUT2D eigenvalue weighted by Crippen LogP contribution is 2.37. The molecular formula is C18H19N3O4. The topological polar surface area (TPSA) is 72.8 Å². The average molecular weight is 341 g/mol. The second-order valence-corrected chi connectivity index (χ2v) is 6.15. The van der Waals surface area contributed by atoms with Crippen molar-refractivity contribution in [2.24, 2.45) is 5.92 Å². The average Bonchev–Trinajstić information content (AvgIpc) is 3.34. The molecule has 1 N–H and O–H groups in total. The Hall–Kier alpha value is -2.96. The molecule has 0 spiro atoms. The quantitative estimate of drug-likeness (QED) is 0.892. The largest absolute Gasteiger partial charge is 0.454 e. The van der Waals surface area contributed by atoms with Gasteiger partial charge in [0.1, 0.15) is 0 Å². The Morgan fingerprint density at radius 3 is 2.84 bits per heavy atom. The number of amides is 2. The van der Waals surface area contributed by atoms with Gasteiger partial charge >= 0.3 is 0 Å². The number of anilines is 1. The van der Waals surface area contributed by atoms with E-state index in [-0.39, 0.29) is 30.9 Å². The van der Waals surface area contributed by atoms with E-state index in [9.17, 15) is 9.59 Å². The molecule has 1 saturated heterocycles. The molecule has 0 unspecified atom stereocenters. The van der Waals surface area contributed by atoms with E-state index >= 15 is 0 Å². The fraction of sp³-hybridized carbons (Fsp3) is 0.333. The Morgan fingerprint density at radius 1 is 1.20 bits per heavy atom. The fourth-order valence-corrected chi connectivity index (χ4v) is 3.16. The normalized spacial score (nSPS) is 18.6. The molecule has 2 aromatic rings. The Bertz CT molecular complexity index is 788. The summed E-state index contributed by atoms with van der Waals surface area (Å²) < 4.78 is 12.6. The molecule has 3 heterocycles. The number of fused-ring (bicyclic) bond motifs is 1. The predicted molar refractivity (Wildman–Crippen MR) is 90.5 cm³/mol. The second kappa shape index (κ2) is 6.51. The third-order valence-electron chi connectivity index (χ3n) is 4.50. The number of rotatable bonds is 5. The van der Waals surface area contributed by atoms with E-state index in [1.54, 1.807) is 17.0 Å². The van der Waals surface area contributed by atoms with Crippen molar-refractivity contribution in [2.75, 3.05) is 24.8 Å². The van der Waals surface area contributed by atoms with E-state index in [0.29, 0.717) is 31.1 Å². The minimum atomic E-state index is -0.331. The number of hydrogen-bond donors (Lipinski definition) is 1. The predicted octanol–water partition coefficient (Wildman–Crippen LogP) is 1.39. The van der Waals surface area contributed by atoms with E-state index in [0.717, 1.165) is 5.69 Å². The van der Waals surface area contributed by atoms with Crippen LogP contribution in [0, 0.1) is 5.92 Å². The van der Waals surface area contributed by atoms with Crippen LogP contribution in [0.3, 0.4) is 0 Å². The van der Waals surface area contributed by atoms with Gasteiger partial charge in [-0.3, -0.25) is 9.59 Å². The van der Waals surface area contributed by atoms with Crippen molar-refractivity contribution in [1.29, 1.82) is 0 Å². The van der Waals surface area contributed by atoms with Crippen molar-refractivity contribution in [2.45, 2.75) is 13.0 Å². The van der Waals surface area contributed by atoms with E-state index in [2.05, 4.69) is 5.32 Å². The number of aromatic nitrogens is 1. The number of hydrogen-bond acceptors (Lipinski definition) is 4. The molecule has 2 aliphatic rings. The number of nitrogens with zero attached hydrogens (tertiary/aromatic N) is 2. The monoisotopic (exact) mass is 341 g/mol. The van der Waals surface area contributed by atoms with Crippen LogP contribution in [0.1, 0.15) is 6.42 Å². The van der Waals surface area contributed by atoms with Gasteiger partial charge in [-0.25, -0.2) is 0 Å². The van der Waals surface area contributed by atoms with Crippen LogP contribution in [0.25, 0.3) is 0 Å². The highest BCUT2D eigenvalue weighted by Gasteiger charge is 2.35. The molecule has 1 atom stereocenters. The van der Waals surface area contributed by atoms with Crippen LogP contribution in [-0.2, 0) is 16.1 Å².